The van der Waals surface area contributed by atoms with Gasteiger partial charge in [-0.15, -0.1) is 0 Å². The van der Waals surface area contributed by atoms with E-state index in [-0.39, 0.29) is 17.6 Å². The largest absolute Gasteiger partial charge is 0.330 e. The molecule has 0 saturated carbocycles. The first-order valence-corrected chi connectivity index (χ1v) is 5.51. The van der Waals surface area contributed by atoms with Gasteiger partial charge < -0.3 is 5.73 Å². The Balaban J connectivity index is 2.39. The predicted octanol–water partition coefficient (Wildman–Crippen LogP) is 3.04. The van der Waals surface area contributed by atoms with E-state index < -0.39 is 0 Å². The zero-order valence-corrected chi connectivity index (χ0v) is 9.08. The molecule has 0 saturated heterocycles. The van der Waals surface area contributed by atoms with Gasteiger partial charge >= 0.3 is 0 Å². The fourth-order valence-corrected chi connectivity index (χ4v) is 2.61. The van der Waals surface area contributed by atoms with Crippen LogP contribution in [0.2, 0.25) is 0 Å². The van der Waals surface area contributed by atoms with Gasteiger partial charge in [0.1, 0.15) is 11.6 Å². The summed E-state index contributed by atoms with van der Waals surface area (Å²) in [4.78, 5) is 0. The van der Waals surface area contributed by atoms with Crippen molar-refractivity contribution < 1.29 is 8.78 Å². The van der Waals surface area contributed by atoms with Crippen LogP contribution in [0.1, 0.15) is 17.0 Å². The predicted molar refractivity (Wildman–Crippen MR) is 62.7 cm³/mol. The summed E-state index contributed by atoms with van der Waals surface area (Å²) in [5.74, 6) is -0.874. The molecule has 1 aliphatic carbocycles. The van der Waals surface area contributed by atoms with E-state index >= 15 is 0 Å². The van der Waals surface area contributed by atoms with E-state index in [0.717, 1.165) is 11.1 Å². The van der Waals surface area contributed by atoms with Crippen LogP contribution >= 0.6 is 0 Å². The van der Waals surface area contributed by atoms with Crippen LogP contribution in [0.25, 0.3) is 11.1 Å². The van der Waals surface area contributed by atoms with Crippen LogP contribution in [-0.2, 0) is 0 Å². The van der Waals surface area contributed by atoms with Crippen molar-refractivity contribution in [1.29, 1.82) is 0 Å². The van der Waals surface area contributed by atoms with Gasteiger partial charge in [0.15, 0.2) is 0 Å². The highest BCUT2D eigenvalue weighted by molar-refractivity contribution is 5.79. The Hall–Kier alpha value is -1.74. The topological polar surface area (TPSA) is 26.0 Å². The lowest BCUT2D eigenvalue weighted by Crippen LogP contribution is -2.11. The van der Waals surface area contributed by atoms with Gasteiger partial charge in [-0.05, 0) is 23.3 Å². The highest BCUT2D eigenvalue weighted by atomic mass is 19.1. The van der Waals surface area contributed by atoms with Crippen molar-refractivity contribution in [3.63, 3.8) is 0 Å². The third-order valence-electron chi connectivity index (χ3n) is 3.33. The number of rotatable bonds is 1. The summed E-state index contributed by atoms with van der Waals surface area (Å²) in [5, 5.41) is 0. The Labute approximate surface area is 97.9 Å². The molecule has 0 radical (unpaired) electrons. The molecule has 2 N–H and O–H groups in total. The molecule has 1 nitrogen and oxygen atoms in total. The summed E-state index contributed by atoms with van der Waals surface area (Å²) in [6.45, 7) is 0.354. The highest BCUT2D eigenvalue weighted by Gasteiger charge is 2.31. The second-order valence-corrected chi connectivity index (χ2v) is 4.20. The first-order valence-electron chi connectivity index (χ1n) is 5.51. The molecule has 0 aliphatic heterocycles. The summed E-state index contributed by atoms with van der Waals surface area (Å²) in [5.41, 5.74) is 8.03. The van der Waals surface area contributed by atoms with Crippen molar-refractivity contribution in [2.24, 2.45) is 5.73 Å². The van der Waals surface area contributed by atoms with Gasteiger partial charge in [-0.2, -0.15) is 0 Å². The van der Waals surface area contributed by atoms with Gasteiger partial charge in [-0.3, -0.25) is 0 Å². The van der Waals surface area contributed by atoms with E-state index in [1.54, 1.807) is 12.1 Å². The minimum absolute atomic E-state index is 0.105. The average molecular weight is 231 g/mol. The smallest absolute Gasteiger partial charge is 0.131 e. The summed E-state index contributed by atoms with van der Waals surface area (Å²) in [7, 11) is 0. The van der Waals surface area contributed by atoms with Gasteiger partial charge in [-0.25, -0.2) is 8.78 Å². The van der Waals surface area contributed by atoms with E-state index in [2.05, 4.69) is 0 Å². The Morgan fingerprint density at radius 3 is 1.76 bits per heavy atom. The van der Waals surface area contributed by atoms with Crippen LogP contribution < -0.4 is 5.73 Å². The SMILES string of the molecule is NCC1c2cccc(F)c2-c2c(F)cccc21. The summed E-state index contributed by atoms with van der Waals surface area (Å²) in [6.07, 6.45) is 0. The first-order chi connectivity index (χ1) is 8.24. The third kappa shape index (κ3) is 1.32. The zero-order chi connectivity index (χ0) is 12.0. The number of benzene rings is 2. The summed E-state index contributed by atoms with van der Waals surface area (Å²) < 4.78 is 27.7. The summed E-state index contributed by atoms with van der Waals surface area (Å²) in [6, 6.07) is 9.62. The van der Waals surface area contributed by atoms with Gasteiger partial charge in [0.05, 0.1) is 0 Å². The Kier molecular flexibility index (Phi) is 2.23. The minimum Gasteiger partial charge on any atom is -0.330 e. The standard InChI is InChI=1S/C14H11F2N/c15-11-5-1-3-8-10(7-17)9-4-2-6-12(16)14(9)13(8)11/h1-6,10H,7,17H2. The Bertz CT molecular complexity index is 541. The average Bonchev–Trinajstić information content (AvgIpc) is 2.65. The van der Waals surface area contributed by atoms with Crippen molar-refractivity contribution in [2.45, 2.75) is 5.92 Å². The third-order valence-corrected chi connectivity index (χ3v) is 3.33. The minimum atomic E-state index is -0.384. The lowest BCUT2D eigenvalue weighted by molar-refractivity contribution is 0.617. The van der Waals surface area contributed by atoms with Crippen molar-refractivity contribution in [3.05, 3.63) is 59.2 Å². The Morgan fingerprint density at radius 2 is 1.35 bits per heavy atom. The molecule has 2 aromatic rings. The molecule has 0 atom stereocenters. The van der Waals surface area contributed by atoms with Gasteiger partial charge in [0.2, 0.25) is 0 Å². The van der Waals surface area contributed by atoms with Crippen LogP contribution in [0.15, 0.2) is 36.4 Å². The highest BCUT2D eigenvalue weighted by Crippen LogP contribution is 2.46. The van der Waals surface area contributed by atoms with Crippen LogP contribution in [-0.4, -0.2) is 6.54 Å². The molecule has 2 aromatic carbocycles. The lowest BCUT2D eigenvalue weighted by atomic mass is 9.97. The molecule has 0 heterocycles. The van der Waals surface area contributed by atoms with Gasteiger partial charge in [0, 0.05) is 23.6 Å². The van der Waals surface area contributed by atoms with Crippen molar-refractivity contribution in [1.82, 2.24) is 0 Å². The number of halogens is 2. The fraction of sp³-hybridized carbons (Fsp3) is 0.143. The van der Waals surface area contributed by atoms with Crippen molar-refractivity contribution in [3.8, 4) is 11.1 Å². The molecule has 86 valence electrons. The molecule has 0 spiro atoms. The Morgan fingerprint density at radius 1 is 0.882 bits per heavy atom. The monoisotopic (exact) mass is 231 g/mol. The molecular weight excluding hydrogens is 220 g/mol. The zero-order valence-electron chi connectivity index (χ0n) is 9.08. The fourth-order valence-electron chi connectivity index (χ4n) is 2.61. The molecule has 0 unspecified atom stereocenters. The second-order valence-electron chi connectivity index (χ2n) is 4.20. The van der Waals surface area contributed by atoms with Crippen molar-refractivity contribution >= 4 is 0 Å². The van der Waals surface area contributed by atoms with Crippen LogP contribution in [0.5, 0.6) is 0 Å². The van der Waals surface area contributed by atoms with E-state index in [1.807, 2.05) is 12.1 Å². The van der Waals surface area contributed by atoms with Crippen LogP contribution in [0, 0.1) is 11.6 Å². The maximum atomic E-state index is 13.9. The molecular formula is C14H11F2N. The van der Waals surface area contributed by atoms with Gasteiger partial charge in [-0.1, -0.05) is 24.3 Å². The molecule has 0 fully saturated rings. The number of hydrogen-bond acceptors (Lipinski definition) is 1. The molecule has 3 heteroatoms. The summed E-state index contributed by atoms with van der Waals surface area (Å²) >= 11 is 0. The lowest BCUT2D eigenvalue weighted by Gasteiger charge is -2.09. The molecule has 0 aromatic heterocycles. The normalized spacial score (nSPS) is 13.6. The second kappa shape index (κ2) is 3.64. The number of fused-ring (bicyclic) bond motifs is 3. The number of hydrogen-bond donors (Lipinski definition) is 1. The van der Waals surface area contributed by atoms with Crippen molar-refractivity contribution in [2.75, 3.05) is 6.54 Å². The van der Waals surface area contributed by atoms with Crippen LogP contribution in [0.3, 0.4) is 0 Å². The molecule has 1 aliphatic rings. The van der Waals surface area contributed by atoms with E-state index in [1.165, 1.54) is 12.1 Å². The van der Waals surface area contributed by atoms with E-state index in [9.17, 15) is 8.78 Å². The van der Waals surface area contributed by atoms with Crippen LogP contribution in [0.4, 0.5) is 8.78 Å². The number of nitrogens with two attached hydrogens (primary N) is 1. The molecule has 3 rings (SSSR count). The maximum absolute atomic E-state index is 13.9. The van der Waals surface area contributed by atoms with Gasteiger partial charge in [0.25, 0.3) is 0 Å². The first kappa shape index (κ1) is 10.4. The van der Waals surface area contributed by atoms with E-state index in [0.29, 0.717) is 17.7 Å². The maximum Gasteiger partial charge on any atom is 0.131 e. The molecule has 17 heavy (non-hydrogen) atoms. The molecule has 0 amide bonds. The molecule has 0 bridgehead atoms. The van der Waals surface area contributed by atoms with E-state index in [4.69, 9.17) is 5.73 Å². The quantitative estimate of drug-likeness (QED) is 0.802.